The first-order valence-electron chi connectivity index (χ1n) is 5.94. The zero-order valence-electron chi connectivity index (χ0n) is 9.91. The SMILES string of the molecule is [2H]C[C@H]1O[C@@H](n2cnc3c(=O)[nH]cnc32)CC1O. The third-order valence-corrected chi connectivity index (χ3v) is 2.88. The largest absolute Gasteiger partial charge is 0.390 e. The van der Waals surface area contributed by atoms with Gasteiger partial charge in [0.05, 0.1) is 24.9 Å². The Morgan fingerprint density at radius 3 is 3.35 bits per heavy atom. The van der Waals surface area contributed by atoms with Gasteiger partial charge in [0.25, 0.3) is 5.56 Å². The molecule has 2 N–H and O–H groups in total. The molecule has 2 aromatic rings. The van der Waals surface area contributed by atoms with E-state index in [0.717, 1.165) is 0 Å². The van der Waals surface area contributed by atoms with Gasteiger partial charge in [-0.05, 0) is 6.90 Å². The van der Waals surface area contributed by atoms with Crippen LogP contribution in [0.3, 0.4) is 0 Å². The topological polar surface area (TPSA) is 93.0 Å². The minimum atomic E-state index is -0.674. The summed E-state index contributed by atoms with van der Waals surface area (Å²) < 4.78 is 14.4. The maximum Gasteiger partial charge on any atom is 0.278 e. The summed E-state index contributed by atoms with van der Waals surface area (Å²) in [6.45, 7) is -0.00168. The number of H-pyrrole nitrogens is 1. The Balaban J connectivity index is 2.01. The number of aliphatic hydroxyl groups is 1. The summed E-state index contributed by atoms with van der Waals surface area (Å²) in [6.07, 6.45) is 1.52. The number of hydrogen-bond donors (Lipinski definition) is 2. The molecule has 1 fully saturated rings. The van der Waals surface area contributed by atoms with E-state index in [4.69, 9.17) is 6.11 Å². The molecule has 1 unspecified atom stereocenters. The normalized spacial score (nSPS) is 29.7. The van der Waals surface area contributed by atoms with Crippen LogP contribution < -0.4 is 5.56 Å². The third kappa shape index (κ3) is 1.55. The van der Waals surface area contributed by atoms with Crippen molar-refractivity contribution in [2.24, 2.45) is 0 Å². The molecular weight excluding hydrogens is 224 g/mol. The number of fused-ring (bicyclic) bond motifs is 1. The van der Waals surface area contributed by atoms with Crippen molar-refractivity contribution in [3.8, 4) is 0 Å². The third-order valence-electron chi connectivity index (χ3n) is 2.88. The summed E-state index contributed by atoms with van der Waals surface area (Å²) in [5.41, 5.74) is 0.348. The van der Waals surface area contributed by atoms with E-state index in [1.165, 1.54) is 12.7 Å². The molecule has 7 nitrogen and oxygen atoms in total. The lowest BCUT2D eigenvalue weighted by Gasteiger charge is -2.12. The van der Waals surface area contributed by atoms with Gasteiger partial charge >= 0.3 is 0 Å². The Bertz CT molecular complexity index is 625. The molecule has 2 aromatic heterocycles. The fourth-order valence-electron chi connectivity index (χ4n) is 1.96. The van der Waals surface area contributed by atoms with Crippen molar-refractivity contribution < 1.29 is 11.2 Å². The van der Waals surface area contributed by atoms with Gasteiger partial charge in [-0.25, -0.2) is 9.97 Å². The number of aromatic amines is 1. The monoisotopic (exact) mass is 237 g/mol. The van der Waals surface area contributed by atoms with Crippen LogP contribution in [-0.4, -0.2) is 36.8 Å². The predicted octanol–water partition coefficient (Wildman–Crippen LogP) is -0.212. The zero-order chi connectivity index (χ0) is 12.7. The van der Waals surface area contributed by atoms with Crippen LogP contribution in [0.25, 0.3) is 11.2 Å². The average molecular weight is 237 g/mol. The second-order valence-electron chi connectivity index (χ2n) is 3.99. The number of aliphatic hydroxyl groups excluding tert-OH is 1. The van der Waals surface area contributed by atoms with Crippen LogP contribution in [0.4, 0.5) is 0 Å². The summed E-state index contributed by atoms with van der Waals surface area (Å²) in [4.78, 5) is 22.0. The van der Waals surface area contributed by atoms with Crippen molar-refractivity contribution in [3.05, 3.63) is 23.0 Å². The van der Waals surface area contributed by atoms with E-state index in [9.17, 15) is 9.90 Å². The summed E-state index contributed by atoms with van der Waals surface area (Å²) in [6, 6.07) is 0. The maximum atomic E-state index is 11.5. The van der Waals surface area contributed by atoms with Gasteiger partial charge in [0.2, 0.25) is 0 Å². The molecule has 3 heterocycles. The van der Waals surface area contributed by atoms with Gasteiger partial charge in [-0.15, -0.1) is 0 Å². The Labute approximate surface area is 97.5 Å². The first kappa shape index (κ1) is 9.32. The van der Waals surface area contributed by atoms with E-state index in [1.807, 2.05) is 0 Å². The Kier molecular flexibility index (Phi) is 2.00. The molecule has 0 radical (unpaired) electrons. The van der Waals surface area contributed by atoms with E-state index in [0.29, 0.717) is 12.1 Å². The lowest BCUT2D eigenvalue weighted by atomic mass is 10.2. The van der Waals surface area contributed by atoms with Crippen molar-refractivity contribution in [1.82, 2.24) is 19.5 Å². The van der Waals surface area contributed by atoms with Crippen molar-refractivity contribution in [3.63, 3.8) is 0 Å². The summed E-state index contributed by atoms with van der Waals surface area (Å²) in [7, 11) is 0. The predicted molar refractivity (Wildman–Crippen MR) is 58.4 cm³/mol. The molecule has 3 rings (SSSR count). The van der Waals surface area contributed by atoms with E-state index in [1.54, 1.807) is 4.57 Å². The first-order valence-corrected chi connectivity index (χ1v) is 5.23. The minimum Gasteiger partial charge on any atom is -0.390 e. The van der Waals surface area contributed by atoms with Gasteiger partial charge in [-0.2, -0.15) is 0 Å². The zero-order valence-corrected chi connectivity index (χ0v) is 8.91. The van der Waals surface area contributed by atoms with Crippen molar-refractivity contribution >= 4 is 11.2 Å². The number of nitrogens with zero attached hydrogens (tertiary/aromatic N) is 3. The molecule has 0 aliphatic carbocycles. The van der Waals surface area contributed by atoms with Crippen molar-refractivity contribution in [2.75, 3.05) is 0 Å². The highest BCUT2D eigenvalue weighted by atomic mass is 16.5. The fraction of sp³-hybridized carbons (Fsp3) is 0.500. The highest BCUT2D eigenvalue weighted by molar-refractivity contribution is 5.68. The van der Waals surface area contributed by atoms with Crippen LogP contribution in [0.15, 0.2) is 17.4 Å². The summed E-state index contributed by atoms with van der Waals surface area (Å²) in [5.74, 6) is 0. The molecule has 1 aliphatic rings. The molecule has 90 valence electrons. The Hall–Kier alpha value is -1.73. The van der Waals surface area contributed by atoms with Crippen LogP contribution >= 0.6 is 0 Å². The Morgan fingerprint density at radius 1 is 1.71 bits per heavy atom. The molecule has 1 aliphatic heterocycles. The molecule has 0 spiro atoms. The lowest BCUT2D eigenvalue weighted by Crippen LogP contribution is -2.15. The molecule has 0 bridgehead atoms. The number of nitrogens with one attached hydrogen (secondary N) is 1. The van der Waals surface area contributed by atoms with Crippen LogP contribution in [0, 0.1) is 0 Å². The molecule has 0 aromatic carbocycles. The summed E-state index contributed by atoms with van der Waals surface area (Å²) >= 11 is 0. The molecule has 3 atom stereocenters. The number of rotatable bonds is 1. The number of imidazole rings is 1. The second kappa shape index (κ2) is 3.64. The number of aromatic nitrogens is 4. The van der Waals surface area contributed by atoms with E-state index in [-0.39, 0.29) is 18.0 Å². The standard InChI is InChI=1S/C10H12N4O3/c1-5-6(15)2-7(17-5)14-4-13-8-9(14)11-3-12-10(8)16/h3-7,15H,2H2,1H3,(H,11,12,16)/t5-,6?,7-/m1/s1/i1D. The Morgan fingerprint density at radius 2 is 2.59 bits per heavy atom. The van der Waals surface area contributed by atoms with Gasteiger partial charge in [-0.1, -0.05) is 0 Å². The average Bonchev–Trinajstić information content (AvgIpc) is 2.93. The molecule has 0 amide bonds. The minimum absolute atomic E-state index is 0.00168. The smallest absolute Gasteiger partial charge is 0.278 e. The van der Waals surface area contributed by atoms with E-state index < -0.39 is 18.4 Å². The molecule has 17 heavy (non-hydrogen) atoms. The van der Waals surface area contributed by atoms with Crippen molar-refractivity contribution in [2.45, 2.75) is 31.8 Å². The van der Waals surface area contributed by atoms with E-state index in [2.05, 4.69) is 15.0 Å². The number of hydrogen-bond acceptors (Lipinski definition) is 5. The van der Waals surface area contributed by atoms with Gasteiger partial charge in [-0.3, -0.25) is 9.36 Å². The van der Waals surface area contributed by atoms with Crippen LogP contribution in [-0.2, 0) is 4.74 Å². The van der Waals surface area contributed by atoms with Gasteiger partial charge in [0, 0.05) is 7.79 Å². The molecule has 7 heteroatoms. The van der Waals surface area contributed by atoms with Crippen molar-refractivity contribution in [1.29, 1.82) is 0 Å². The maximum absolute atomic E-state index is 11.5. The second-order valence-corrected chi connectivity index (χ2v) is 3.99. The number of ether oxygens (including phenoxy) is 1. The van der Waals surface area contributed by atoms with Crippen LogP contribution in [0.5, 0.6) is 0 Å². The molecular formula is C10H12N4O3. The van der Waals surface area contributed by atoms with Crippen LogP contribution in [0.2, 0.25) is 0 Å². The molecule has 1 saturated heterocycles. The molecule has 0 saturated carbocycles. The van der Waals surface area contributed by atoms with Crippen LogP contribution in [0.1, 0.15) is 20.9 Å². The lowest BCUT2D eigenvalue weighted by molar-refractivity contribution is -0.00632. The first-order chi connectivity index (χ1) is 8.70. The quantitative estimate of drug-likeness (QED) is 0.715. The van der Waals surface area contributed by atoms with E-state index >= 15 is 0 Å². The highest BCUT2D eigenvalue weighted by Gasteiger charge is 2.32. The fourth-order valence-corrected chi connectivity index (χ4v) is 1.96. The summed E-state index contributed by atoms with van der Waals surface area (Å²) in [5, 5.41) is 9.72. The van der Waals surface area contributed by atoms with Gasteiger partial charge in [0.1, 0.15) is 6.23 Å². The highest BCUT2D eigenvalue weighted by Crippen LogP contribution is 2.29. The van der Waals surface area contributed by atoms with Gasteiger partial charge in [0.15, 0.2) is 11.2 Å². The van der Waals surface area contributed by atoms with Gasteiger partial charge < -0.3 is 14.8 Å².